The smallest absolute Gasteiger partial charge is 0.199 e. The molecule has 0 aromatic carbocycles. The number of aliphatic hydroxyl groups is 3. The van der Waals surface area contributed by atoms with Crippen molar-refractivity contribution in [1.82, 2.24) is 0 Å². The molecule has 48 valence electrons. The van der Waals surface area contributed by atoms with Gasteiger partial charge in [-0.05, 0) is 6.08 Å². The van der Waals surface area contributed by atoms with Gasteiger partial charge in [0.25, 0.3) is 0 Å². The van der Waals surface area contributed by atoms with E-state index in [1.54, 1.807) is 0 Å². The van der Waals surface area contributed by atoms with Gasteiger partial charge in [-0.1, -0.05) is 6.58 Å². The van der Waals surface area contributed by atoms with Crippen LogP contribution in [0.15, 0.2) is 12.7 Å². The van der Waals surface area contributed by atoms with Gasteiger partial charge in [-0.3, -0.25) is 5.73 Å². The number of nitrogens with two attached hydrogens (primary N) is 1. The normalized spacial score (nSPS) is 18.1. The van der Waals surface area contributed by atoms with Crippen molar-refractivity contribution in [3.63, 3.8) is 0 Å². The van der Waals surface area contributed by atoms with Gasteiger partial charge in [0.1, 0.15) is 0 Å². The highest BCUT2D eigenvalue weighted by atomic mass is 16.5. The minimum absolute atomic E-state index is 0.845. The van der Waals surface area contributed by atoms with Crippen LogP contribution in [0.25, 0.3) is 0 Å². The summed E-state index contributed by atoms with van der Waals surface area (Å²) in [5.74, 6) is 0. The van der Waals surface area contributed by atoms with E-state index in [4.69, 9.17) is 21.1 Å². The summed E-state index contributed by atoms with van der Waals surface area (Å²) >= 11 is 0. The molecular weight excluding hydrogens is 110 g/mol. The standard InChI is InChI=1S/C4H9NO3/c1-2-4(5,8)3(6)7/h2-3,6-8H,1,5H2. The lowest BCUT2D eigenvalue weighted by molar-refractivity contribution is -0.157. The molecule has 0 aliphatic carbocycles. The largest absolute Gasteiger partial charge is 0.368 e. The molecule has 0 rings (SSSR count). The van der Waals surface area contributed by atoms with Crippen LogP contribution in [0.5, 0.6) is 0 Å². The summed E-state index contributed by atoms with van der Waals surface area (Å²) in [6, 6.07) is 0. The molecule has 1 unspecified atom stereocenters. The predicted molar refractivity (Wildman–Crippen MR) is 27.6 cm³/mol. The fourth-order valence-electron chi connectivity index (χ4n) is 0.105. The zero-order valence-electron chi connectivity index (χ0n) is 4.28. The maximum absolute atomic E-state index is 8.56. The Morgan fingerprint density at radius 2 is 2.00 bits per heavy atom. The molecule has 0 spiro atoms. The predicted octanol–water partition coefficient (Wildman–Crippen LogP) is -1.87. The van der Waals surface area contributed by atoms with Crippen molar-refractivity contribution < 1.29 is 15.3 Å². The molecule has 0 aromatic rings. The van der Waals surface area contributed by atoms with E-state index in [9.17, 15) is 0 Å². The molecule has 0 amide bonds. The third-order valence-electron chi connectivity index (χ3n) is 0.741. The van der Waals surface area contributed by atoms with Gasteiger partial charge in [0, 0.05) is 0 Å². The van der Waals surface area contributed by atoms with Crippen LogP contribution in [0, 0.1) is 0 Å². The van der Waals surface area contributed by atoms with E-state index in [-0.39, 0.29) is 0 Å². The van der Waals surface area contributed by atoms with E-state index in [1.165, 1.54) is 0 Å². The molecule has 4 nitrogen and oxygen atoms in total. The van der Waals surface area contributed by atoms with E-state index in [0.29, 0.717) is 0 Å². The highest BCUT2D eigenvalue weighted by molar-refractivity contribution is 4.91. The molecule has 0 bridgehead atoms. The number of aliphatic hydroxyl groups excluding tert-OH is 1. The van der Waals surface area contributed by atoms with Gasteiger partial charge in [0.15, 0.2) is 12.0 Å². The van der Waals surface area contributed by atoms with Crippen molar-refractivity contribution >= 4 is 0 Å². The fourth-order valence-corrected chi connectivity index (χ4v) is 0.105. The van der Waals surface area contributed by atoms with Crippen molar-refractivity contribution in [3.05, 3.63) is 12.7 Å². The Morgan fingerprint density at radius 3 is 2.00 bits per heavy atom. The summed E-state index contributed by atoms with van der Waals surface area (Å²) in [5.41, 5.74) is 2.71. The quantitative estimate of drug-likeness (QED) is 0.253. The molecule has 5 N–H and O–H groups in total. The first kappa shape index (κ1) is 7.58. The lowest BCUT2D eigenvalue weighted by Crippen LogP contribution is -2.48. The van der Waals surface area contributed by atoms with Crippen molar-refractivity contribution in [2.75, 3.05) is 0 Å². The minimum Gasteiger partial charge on any atom is -0.368 e. The fraction of sp³-hybridized carbons (Fsp3) is 0.500. The van der Waals surface area contributed by atoms with Crippen molar-refractivity contribution in [2.24, 2.45) is 5.73 Å². The molecule has 1 atom stereocenters. The maximum atomic E-state index is 8.56. The summed E-state index contributed by atoms with van der Waals surface area (Å²) in [6.07, 6.45) is -1.13. The molecule has 0 saturated heterocycles. The topological polar surface area (TPSA) is 86.7 Å². The Labute approximate surface area is 46.9 Å². The summed E-state index contributed by atoms with van der Waals surface area (Å²) in [6.45, 7) is 3.06. The van der Waals surface area contributed by atoms with Crippen LogP contribution in [0.1, 0.15) is 0 Å². The molecule has 0 fully saturated rings. The molecule has 0 saturated carbocycles. The Balaban J connectivity index is 3.90. The summed E-state index contributed by atoms with van der Waals surface area (Å²) in [5, 5.41) is 24.9. The third-order valence-corrected chi connectivity index (χ3v) is 0.741. The van der Waals surface area contributed by atoms with Crippen LogP contribution >= 0.6 is 0 Å². The van der Waals surface area contributed by atoms with Crippen LogP contribution in [-0.4, -0.2) is 27.3 Å². The molecule has 0 aliphatic rings. The second kappa shape index (κ2) is 2.23. The first-order valence-corrected chi connectivity index (χ1v) is 2.01. The van der Waals surface area contributed by atoms with E-state index >= 15 is 0 Å². The Kier molecular flexibility index (Phi) is 2.12. The molecule has 0 aliphatic heterocycles. The Morgan fingerprint density at radius 1 is 1.62 bits per heavy atom. The molecule has 8 heavy (non-hydrogen) atoms. The Hall–Kier alpha value is -0.420. The van der Waals surface area contributed by atoms with Gasteiger partial charge in [-0.25, -0.2) is 0 Å². The SMILES string of the molecule is C=CC(N)(O)C(O)O. The van der Waals surface area contributed by atoms with E-state index in [2.05, 4.69) is 6.58 Å². The van der Waals surface area contributed by atoms with Crippen molar-refractivity contribution in [2.45, 2.75) is 12.0 Å². The van der Waals surface area contributed by atoms with Crippen LogP contribution in [0.2, 0.25) is 0 Å². The van der Waals surface area contributed by atoms with Gasteiger partial charge < -0.3 is 15.3 Å². The Bertz CT molecular complexity index is 89.3. The average Bonchev–Trinajstić information content (AvgIpc) is 1.67. The first-order valence-electron chi connectivity index (χ1n) is 2.01. The van der Waals surface area contributed by atoms with Crippen molar-refractivity contribution in [1.29, 1.82) is 0 Å². The third kappa shape index (κ3) is 1.59. The van der Waals surface area contributed by atoms with Crippen LogP contribution in [0.4, 0.5) is 0 Å². The molecular formula is C4H9NO3. The van der Waals surface area contributed by atoms with Gasteiger partial charge in [-0.2, -0.15) is 0 Å². The van der Waals surface area contributed by atoms with Gasteiger partial charge in [-0.15, -0.1) is 0 Å². The van der Waals surface area contributed by atoms with Gasteiger partial charge >= 0.3 is 0 Å². The first-order chi connectivity index (χ1) is 3.50. The molecule has 0 radical (unpaired) electrons. The van der Waals surface area contributed by atoms with Gasteiger partial charge in [0.2, 0.25) is 0 Å². The summed E-state index contributed by atoms with van der Waals surface area (Å²) < 4.78 is 0. The van der Waals surface area contributed by atoms with Gasteiger partial charge in [0.05, 0.1) is 0 Å². The molecule has 0 heterocycles. The highest BCUT2D eigenvalue weighted by Crippen LogP contribution is 1.98. The lowest BCUT2D eigenvalue weighted by Gasteiger charge is -2.19. The zero-order valence-corrected chi connectivity index (χ0v) is 4.28. The van der Waals surface area contributed by atoms with Crippen molar-refractivity contribution in [3.8, 4) is 0 Å². The number of hydrogen-bond acceptors (Lipinski definition) is 4. The highest BCUT2D eigenvalue weighted by Gasteiger charge is 2.24. The average molecular weight is 119 g/mol. The van der Waals surface area contributed by atoms with E-state index < -0.39 is 12.0 Å². The van der Waals surface area contributed by atoms with Crippen LogP contribution in [0.3, 0.4) is 0 Å². The lowest BCUT2D eigenvalue weighted by atomic mass is 10.2. The second-order valence-electron chi connectivity index (χ2n) is 1.47. The monoisotopic (exact) mass is 119 g/mol. The number of rotatable bonds is 2. The molecule has 4 heteroatoms. The number of hydrogen-bond donors (Lipinski definition) is 4. The van der Waals surface area contributed by atoms with E-state index in [0.717, 1.165) is 6.08 Å². The van der Waals surface area contributed by atoms with E-state index in [1.807, 2.05) is 0 Å². The second-order valence-corrected chi connectivity index (χ2v) is 1.47. The zero-order chi connectivity index (χ0) is 6.78. The van der Waals surface area contributed by atoms with Crippen LogP contribution in [-0.2, 0) is 0 Å². The van der Waals surface area contributed by atoms with Crippen LogP contribution < -0.4 is 5.73 Å². The molecule has 0 aromatic heterocycles. The minimum atomic E-state index is -2.08. The maximum Gasteiger partial charge on any atom is 0.199 e. The summed E-state index contributed by atoms with van der Waals surface area (Å²) in [7, 11) is 0. The summed E-state index contributed by atoms with van der Waals surface area (Å²) in [4.78, 5) is 0.